The van der Waals surface area contributed by atoms with E-state index in [4.69, 9.17) is 10.00 Å². The van der Waals surface area contributed by atoms with Crippen LogP contribution in [0.5, 0.6) is 0 Å². The minimum absolute atomic E-state index is 0.0310. The van der Waals surface area contributed by atoms with Crippen molar-refractivity contribution >= 4 is 11.9 Å². The zero-order chi connectivity index (χ0) is 19.3. The highest BCUT2D eigenvalue weighted by atomic mass is 16.6. The molecule has 0 spiro atoms. The number of hydrogen-bond acceptors (Lipinski definition) is 6. The molecule has 1 saturated heterocycles. The maximum Gasteiger partial charge on any atom is 0.410 e. The molecule has 3 atom stereocenters. The van der Waals surface area contributed by atoms with Gasteiger partial charge in [0.25, 0.3) is 0 Å². The molecule has 7 heteroatoms. The van der Waals surface area contributed by atoms with Crippen molar-refractivity contribution in [3.8, 4) is 6.07 Å². The largest absolute Gasteiger partial charge is 0.446 e. The molecular formula is C21H26N4O3. The lowest BCUT2D eigenvalue weighted by molar-refractivity contribution is -0.177. The Bertz CT molecular complexity index is 789. The van der Waals surface area contributed by atoms with E-state index in [1.165, 1.54) is 0 Å². The lowest BCUT2D eigenvalue weighted by atomic mass is 9.53. The summed E-state index contributed by atoms with van der Waals surface area (Å²) in [7, 11) is 0. The summed E-state index contributed by atoms with van der Waals surface area (Å²) in [5.41, 5.74) is 0.0263. The van der Waals surface area contributed by atoms with Crippen molar-refractivity contribution in [1.29, 1.82) is 5.26 Å². The number of rotatable bonds is 3. The third-order valence-corrected chi connectivity index (χ3v) is 7.08. The summed E-state index contributed by atoms with van der Waals surface area (Å²) < 4.78 is 5.98. The molecule has 5 fully saturated rings. The fraction of sp³-hybridized carbons (Fsp3) is 0.667. The Kier molecular flexibility index (Phi) is 4.20. The second-order valence-corrected chi connectivity index (χ2v) is 9.16. The standard InChI is InChI=1S/C21H26N4O3/c22-10-13-1-2-18(23-11-13)24-17-3-4-25(12-17)20(26)28-19-15-5-14-6-16(19)9-21(27,7-14)8-15/h1-2,11,14-17,19,27H,3-9,12H2,(H,23,24)/t14?,15-,16-,17?,19?,21?/m1/s1. The van der Waals surface area contributed by atoms with Crippen LogP contribution in [0.2, 0.25) is 0 Å². The average molecular weight is 382 g/mol. The van der Waals surface area contributed by atoms with Crippen molar-refractivity contribution in [2.24, 2.45) is 17.8 Å². The number of likely N-dealkylation sites (tertiary alicyclic amines) is 1. The number of aliphatic hydroxyl groups is 1. The number of amides is 1. The van der Waals surface area contributed by atoms with E-state index in [0.717, 1.165) is 38.5 Å². The maximum atomic E-state index is 12.8. The van der Waals surface area contributed by atoms with Gasteiger partial charge in [0.05, 0.1) is 11.2 Å². The van der Waals surface area contributed by atoms with Crippen molar-refractivity contribution < 1.29 is 14.6 Å². The first-order chi connectivity index (χ1) is 13.5. The molecule has 5 aliphatic rings. The van der Waals surface area contributed by atoms with Gasteiger partial charge in [0.2, 0.25) is 0 Å². The Balaban J connectivity index is 1.16. The normalized spacial score (nSPS) is 38.3. The van der Waals surface area contributed by atoms with Gasteiger partial charge in [-0.2, -0.15) is 5.26 Å². The summed E-state index contributed by atoms with van der Waals surface area (Å²) in [5, 5.41) is 22.9. The molecule has 0 radical (unpaired) electrons. The van der Waals surface area contributed by atoms with Crippen molar-refractivity contribution in [3.63, 3.8) is 0 Å². The SMILES string of the molecule is N#Cc1ccc(NC2CCN(C(=O)OC3[C@@H]4CC5C[C@@H]3CC(O)(C5)C4)C2)nc1. The van der Waals surface area contributed by atoms with E-state index in [1.807, 2.05) is 0 Å². The Labute approximate surface area is 164 Å². The smallest absolute Gasteiger partial charge is 0.410 e. The Morgan fingerprint density at radius 1 is 1.32 bits per heavy atom. The summed E-state index contributed by atoms with van der Waals surface area (Å²) in [6.45, 7) is 1.26. The van der Waals surface area contributed by atoms with Gasteiger partial charge >= 0.3 is 6.09 Å². The van der Waals surface area contributed by atoms with Gasteiger partial charge in [-0.3, -0.25) is 0 Å². The molecule has 2 heterocycles. The predicted octanol–water partition coefficient (Wildman–Crippen LogP) is 2.52. The monoisotopic (exact) mass is 382 g/mol. The van der Waals surface area contributed by atoms with Gasteiger partial charge in [0, 0.05) is 25.3 Å². The number of nitrogens with zero attached hydrogens (tertiary/aromatic N) is 3. The van der Waals surface area contributed by atoms with Crippen LogP contribution in [0.15, 0.2) is 18.3 Å². The fourth-order valence-electron chi connectivity index (χ4n) is 6.12. The van der Waals surface area contributed by atoms with Gasteiger partial charge in [-0.05, 0) is 68.4 Å². The first-order valence-electron chi connectivity index (χ1n) is 10.3. The lowest BCUT2D eigenvalue weighted by Gasteiger charge is -2.57. The van der Waals surface area contributed by atoms with Crippen molar-refractivity contribution in [3.05, 3.63) is 23.9 Å². The molecule has 1 aromatic heterocycles. The van der Waals surface area contributed by atoms with Gasteiger partial charge in [0.15, 0.2) is 0 Å². The van der Waals surface area contributed by atoms with Crippen LogP contribution < -0.4 is 5.32 Å². The molecule has 0 aromatic carbocycles. The second kappa shape index (κ2) is 6.63. The van der Waals surface area contributed by atoms with Crippen LogP contribution in [-0.2, 0) is 4.74 Å². The topological polar surface area (TPSA) is 98.5 Å². The summed E-state index contributed by atoms with van der Waals surface area (Å²) in [4.78, 5) is 18.8. The van der Waals surface area contributed by atoms with Gasteiger partial charge < -0.3 is 20.1 Å². The third kappa shape index (κ3) is 3.20. The van der Waals surface area contributed by atoms with E-state index in [0.29, 0.717) is 42.2 Å². The van der Waals surface area contributed by atoms with E-state index in [-0.39, 0.29) is 18.2 Å². The summed E-state index contributed by atoms with van der Waals surface area (Å²) in [6, 6.07) is 5.71. The number of carbonyl (C=O) groups is 1. The zero-order valence-corrected chi connectivity index (χ0v) is 15.9. The van der Waals surface area contributed by atoms with Crippen LogP contribution in [0.25, 0.3) is 0 Å². The van der Waals surface area contributed by atoms with Crippen molar-refractivity contribution in [1.82, 2.24) is 9.88 Å². The molecule has 1 unspecified atom stereocenters. The molecule has 2 N–H and O–H groups in total. The fourth-order valence-corrected chi connectivity index (χ4v) is 6.12. The average Bonchev–Trinajstić information content (AvgIpc) is 3.12. The quantitative estimate of drug-likeness (QED) is 0.833. The summed E-state index contributed by atoms with van der Waals surface area (Å²) in [5.74, 6) is 1.96. The molecule has 6 rings (SSSR count). The molecule has 7 nitrogen and oxygen atoms in total. The van der Waals surface area contributed by atoms with E-state index < -0.39 is 5.60 Å². The van der Waals surface area contributed by atoms with E-state index in [2.05, 4.69) is 16.4 Å². The number of aromatic nitrogens is 1. The molecule has 1 aromatic rings. The van der Waals surface area contributed by atoms with Crippen LogP contribution in [0, 0.1) is 29.1 Å². The molecule has 4 aliphatic carbocycles. The number of anilines is 1. The number of pyridine rings is 1. The lowest BCUT2D eigenvalue weighted by Crippen LogP contribution is -2.58. The minimum Gasteiger partial charge on any atom is -0.446 e. The number of ether oxygens (including phenoxy) is 1. The van der Waals surface area contributed by atoms with E-state index in [9.17, 15) is 9.90 Å². The second-order valence-electron chi connectivity index (χ2n) is 9.16. The first kappa shape index (κ1) is 17.7. The van der Waals surface area contributed by atoms with Crippen LogP contribution in [-0.4, -0.2) is 51.9 Å². The van der Waals surface area contributed by atoms with E-state index >= 15 is 0 Å². The Morgan fingerprint density at radius 2 is 2.11 bits per heavy atom. The minimum atomic E-state index is -0.504. The Morgan fingerprint density at radius 3 is 2.75 bits per heavy atom. The molecular weight excluding hydrogens is 356 g/mol. The molecule has 4 saturated carbocycles. The summed E-state index contributed by atoms with van der Waals surface area (Å²) >= 11 is 0. The van der Waals surface area contributed by atoms with Crippen LogP contribution in [0.4, 0.5) is 10.6 Å². The van der Waals surface area contributed by atoms with Crippen LogP contribution in [0.3, 0.4) is 0 Å². The van der Waals surface area contributed by atoms with Gasteiger partial charge in [-0.1, -0.05) is 0 Å². The first-order valence-corrected chi connectivity index (χ1v) is 10.3. The highest BCUT2D eigenvalue weighted by Crippen LogP contribution is 2.56. The molecule has 148 valence electrons. The maximum absolute atomic E-state index is 12.8. The van der Waals surface area contributed by atoms with Crippen LogP contribution in [0.1, 0.15) is 44.1 Å². The Hall–Kier alpha value is -2.33. The molecule has 1 aliphatic heterocycles. The zero-order valence-electron chi connectivity index (χ0n) is 15.9. The number of hydrogen-bond donors (Lipinski definition) is 2. The summed E-state index contributed by atoms with van der Waals surface area (Å²) in [6.07, 6.45) is 6.82. The highest BCUT2D eigenvalue weighted by molar-refractivity contribution is 5.68. The molecule has 28 heavy (non-hydrogen) atoms. The predicted molar refractivity (Wildman–Crippen MR) is 101 cm³/mol. The van der Waals surface area contributed by atoms with Gasteiger partial charge in [0.1, 0.15) is 18.0 Å². The van der Waals surface area contributed by atoms with Crippen LogP contribution >= 0.6 is 0 Å². The van der Waals surface area contributed by atoms with Gasteiger partial charge in [-0.25, -0.2) is 9.78 Å². The van der Waals surface area contributed by atoms with Crippen molar-refractivity contribution in [2.75, 3.05) is 18.4 Å². The van der Waals surface area contributed by atoms with E-state index in [1.54, 1.807) is 23.2 Å². The highest BCUT2D eigenvalue weighted by Gasteiger charge is 2.56. The number of carbonyl (C=O) groups excluding carboxylic acids is 1. The number of nitrogens with one attached hydrogen (secondary N) is 1. The number of nitriles is 1. The third-order valence-electron chi connectivity index (χ3n) is 7.08. The van der Waals surface area contributed by atoms with Crippen molar-refractivity contribution in [2.45, 2.75) is 56.3 Å². The molecule has 4 bridgehead atoms. The molecule has 1 amide bonds. The van der Waals surface area contributed by atoms with Gasteiger partial charge in [-0.15, -0.1) is 0 Å².